The summed E-state index contributed by atoms with van der Waals surface area (Å²) in [7, 11) is 1.98. The molecule has 14 heavy (non-hydrogen) atoms. The van der Waals surface area contributed by atoms with Crippen LogP contribution < -0.4 is 4.90 Å². The molecular formula is C11H16BrNO. The number of aliphatic hydroxyl groups is 1. The van der Waals surface area contributed by atoms with Crippen LogP contribution in [0.2, 0.25) is 0 Å². The lowest BCUT2D eigenvalue weighted by molar-refractivity contribution is 0.216. The van der Waals surface area contributed by atoms with Gasteiger partial charge in [0.2, 0.25) is 0 Å². The first-order chi connectivity index (χ1) is 6.49. The molecule has 1 aromatic rings. The Morgan fingerprint density at radius 3 is 2.43 bits per heavy atom. The number of hydrogen-bond acceptors (Lipinski definition) is 2. The largest absolute Gasteiger partial charge is 0.394 e. The molecule has 0 aliphatic carbocycles. The second kappa shape index (κ2) is 4.32. The highest BCUT2D eigenvalue weighted by atomic mass is 79.9. The summed E-state index contributed by atoms with van der Waals surface area (Å²) in [6.45, 7) is 4.14. The number of nitrogens with zero attached hydrogens (tertiary/aromatic N) is 1. The molecule has 1 aromatic carbocycles. The highest BCUT2D eigenvalue weighted by molar-refractivity contribution is 9.10. The molecule has 3 heteroatoms. The van der Waals surface area contributed by atoms with Gasteiger partial charge in [-0.25, -0.2) is 0 Å². The van der Waals surface area contributed by atoms with E-state index in [1.807, 2.05) is 45.2 Å². The van der Waals surface area contributed by atoms with Crippen LogP contribution in [0.15, 0.2) is 28.7 Å². The Bertz CT molecular complexity index is 312. The van der Waals surface area contributed by atoms with Gasteiger partial charge >= 0.3 is 0 Å². The highest BCUT2D eigenvalue weighted by Crippen LogP contribution is 2.29. The van der Waals surface area contributed by atoms with Gasteiger partial charge in [0.1, 0.15) is 0 Å². The third-order valence-corrected chi connectivity index (χ3v) is 3.18. The average Bonchev–Trinajstić information content (AvgIpc) is 2.17. The van der Waals surface area contributed by atoms with Crippen LogP contribution in [0, 0.1) is 0 Å². The second-order valence-electron chi connectivity index (χ2n) is 3.98. The molecular weight excluding hydrogens is 242 g/mol. The summed E-state index contributed by atoms with van der Waals surface area (Å²) in [4.78, 5) is 2.07. The third kappa shape index (κ3) is 2.28. The van der Waals surface area contributed by atoms with E-state index in [0.29, 0.717) is 0 Å². The van der Waals surface area contributed by atoms with Crippen molar-refractivity contribution in [3.63, 3.8) is 0 Å². The van der Waals surface area contributed by atoms with Crippen molar-refractivity contribution in [3.05, 3.63) is 28.7 Å². The molecule has 0 atom stereocenters. The van der Waals surface area contributed by atoms with E-state index < -0.39 is 0 Å². The van der Waals surface area contributed by atoms with Crippen LogP contribution in [-0.4, -0.2) is 24.3 Å². The van der Waals surface area contributed by atoms with Crippen molar-refractivity contribution in [2.24, 2.45) is 0 Å². The molecule has 0 unspecified atom stereocenters. The predicted octanol–water partition coefficient (Wildman–Crippen LogP) is 2.66. The van der Waals surface area contributed by atoms with Crippen molar-refractivity contribution in [1.29, 1.82) is 0 Å². The summed E-state index contributed by atoms with van der Waals surface area (Å²) >= 11 is 3.50. The standard InChI is InChI=1S/C11H16BrNO/c1-11(2,8-14)13(3)10-7-5-4-6-9(10)12/h4-7,14H,8H2,1-3H3. The lowest BCUT2D eigenvalue weighted by Crippen LogP contribution is -2.44. The lowest BCUT2D eigenvalue weighted by Gasteiger charge is -2.36. The van der Waals surface area contributed by atoms with Gasteiger partial charge in [-0.05, 0) is 41.9 Å². The van der Waals surface area contributed by atoms with Crippen LogP contribution in [0.4, 0.5) is 5.69 Å². The fourth-order valence-electron chi connectivity index (χ4n) is 1.16. The maximum atomic E-state index is 9.26. The number of para-hydroxylation sites is 1. The first kappa shape index (κ1) is 11.5. The molecule has 0 spiro atoms. The molecule has 0 saturated carbocycles. The summed E-state index contributed by atoms with van der Waals surface area (Å²) in [5, 5.41) is 9.26. The molecule has 78 valence electrons. The van der Waals surface area contributed by atoms with Crippen LogP contribution in [0.3, 0.4) is 0 Å². The molecule has 0 aromatic heterocycles. The van der Waals surface area contributed by atoms with E-state index in [2.05, 4.69) is 20.8 Å². The normalized spacial score (nSPS) is 11.5. The van der Waals surface area contributed by atoms with Gasteiger partial charge in [0, 0.05) is 11.5 Å². The van der Waals surface area contributed by atoms with Gasteiger partial charge in [-0.1, -0.05) is 12.1 Å². The molecule has 1 rings (SSSR count). The summed E-state index contributed by atoms with van der Waals surface area (Å²) in [6.07, 6.45) is 0. The van der Waals surface area contributed by atoms with E-state index in [9.17, 15) is 5.11 Å². The van der Waals surface area contributed by atoms with Gasteiger partial charge in [-0.2, -0.15) is 0 Å². The molecule has 0 aliphatic heterocycles. The van der Waals surface area contributed by atoms with E-state index in [4.69, 9.17) is 0 Å². The SMILES string of the molecule is CN(c1ccccc1Br)C(C)(C)CO. The lowest BCUT2D eigenvalue weighted by atomic mass is 10.0. The monoisotopic (exact) mass is 257 g/mol. The number of benzene rings is 1. The smallest absolute Gasteiger partial charge is 0.0658 e. The van der Waals surface area contributed by atoms with E-state index in [1.165, 1.54) is 0 Å². The Morgan fingerprint density at radius 1 is 1.36 bits per heavy atom. The van der Waals surface area contributed by atoms with E-state index in [0.717, 1.165) is 10.2 Å². The Balaban J connectivity index is 3.00. The Morgan fingerprint density at radius 2 is 1.93 bits per heavy atom. The molecule has 0 heterocycles. The Kier molecular flexibility index (Phi) is 3.56. The minimum Gasteiger partial charge on any atom is -0.394 e. The zero-order valence-corrected chi connectivity index (χ0v) is 10.4. The topological polar surface area (TPSA) is 23.5 Å². The number of likely N-dealkylation sites (N-methyl/N-ethyl adjacent to an activating group) is 1. The minimum absolute atomic E-state index is 0.130. The summed E-state index contributed by atoms with van der Waals surface area (Å²) in [5.41, 5.74) is 0.843. The van der Waals surface area contributed by atoms with Crippen LogP contribution >= 0.6 is 15.9 Å². The molecule has 0 bridgehead atoms. The van der Waals surface area contributed by atoms with Crippen molar-refractivity contribution in [2.75, 3.05) is 18.6 Å². The molecule has 1 N–H and O–H groups in total. The number of hydrogen-bond donors (Lipinski definition) is 1. The second-order valence-corrected chi connectivity index (χ2v) is 4.84. The highest BCUT2D eigenvalue weighted by Gasteiger charge is 2.23. The van der Waals surface area contributed by atoms with Crippen molar-refractivity contribution in [2.45, 2.75) is 19.4 Å². The van der Waals surface area contributed by atoms with Gasteiger partial charge in [-0.3, -0.25) is 0 Å². The van der Waals surface area contributed by atoms with Crippen LogP contribution in [0.1, 0.15) is 13.8 Å². The van der Waals surface area contributed by atoms with Crippen LogP contribution in [-0.2, 0) is 0 Å². The summed E-state index contributed by atoms with van der Waals surface area (Å²) in [6, 6.07) is 8.00. The fourth-order valence-corrected chi connectivity index (χ4v) is 1.71. The van der Waals surface area contributed by atoms with Crippen molar-refractivity contribution in [1.82, 2.24) is 0 Å². The zero-order chi connectivity index (χ0) is 10.8. The Hall–Kier alpha value is -0.540. The summed E-state index contributed by atoms with van der Waals surface area (Å²) in [5.74, 6) is 0. The maximum absolute atomic E-state index is 9.26. The first-order valence-corrected chi connectivity index (χ1v) is 5.37. The van der Waals surface area contributed by atoms with Crippen LogP contribution in [0.5, 0.6) is 0 Å². The Labute approximate surface area is 93.7 Å². The van der Waals surface area contributed by atoms with Crippen molar-refractivity contribution >= 4 is 21.6 Å². The zero-order valence-electron chi connectivity index (χ0n) is 8.79. The maximum Gasteiger partial charge on any atom is 0.0658 e. The van der Waals surface area contributed by atoms with Crippen LogP contribution in [0.25, 0.3) is 0 Å². The number of rotatable bonds is 3. The van der Waals surface area contributed by atoms with E-state index >= 15 is 0 Å². The van der Waals surface area contributed by atoms with Crippen molar-refractivity contribution in [3.8, 4) is 0 Å². The predicted molar refractivity (Wildman–Crippen MR) is 63.7 cm³/mol. The van der Waals surface area contributed by atoms with Gasteiger partial charge in [0.25, 0.3) is 0 Å². The molecule has 0 fully saturated rings. The molecule has 0 saturated heterocycles. The van der Waals surface area contributed by atoms with Gasteiger partial charge in [0.15, 0.2) is 0 Å². The molecule has 0 radical (unpaired) electrons. The first-order valence-electron chi connectivity index (χ1n) is 4.58. The van der Waals surface area contributed by atoms with Gasteiger partial charge in [-0.15, -0.1) is 0 Å². The molecule has 2 nitrogen and oxygen atoms in total. The van der Waals surface area contributed by atoms with E-state index in [1.54, 1.807) is 0 Å². The van der Waals surface area contributed by atoms with Gasteiger partial charge in [0.05, 0.1) is 17.8 Å². The third-order valence-electron chi connectivity index (χ3n) is 2.51. The number of anilines is 1. The minimum atomic E-state index is -0.246. The van der Waals surface area contributed by atoms with E-state index in [-0.39, 0.29) is 12.1 Å². The number of halogens is 1. The summed E-state index contributed by atoms with van der Waals surface area (Å²) < 4.78 is 1.05. The fraction of sp³-hybridized carbons (Fsp3) is 0.455. The van der Waals surface area contributed by atoms with Gasteiger partial charge < -0.3 is 10.0 Å². The molecule has 0 amide bonds. The molecule has 0 aliphatic rings. The van der Waals surface area contributed by atoms with Crippen molar-refractivity contribution < 1.29 is 5.11 Å². The number of aliphatic hydroxyl groups excluding tert-OH is 1. The quantitative estimate of drug-likeness (QED) is 0.900. The average molecular weight is 258 g/mol.